The van der Waals surface area contributed by atoms with Crippen molar-refractivity contribution in [2.45, 2.75) is 13.5 Å². The minimum absolute atomic E-state index is 0.184. The minimum atomic E-state index is -0.677. The first-order valence-electron chi connectivity index (χ1n) is 6.47. The van der Waals surface area contributed by atoms with Crippen molar-refractivity contribution in [3.63, 3.8) is 0 Å². The number of nitrogens with zero attached hydrogens (tertiary/aromatic N) is 3. The number of thiazole rings is 1. The van der Waals surface area contributed by atoms with Crippen LogP contribution in [0, 0.1) is 6.92 Å². The standard InChI is InChI=1S/C14H12N4O3S/c1-9-7-15-13(22-9)16-11(19)8-18-14(20)21-12(17-18)10-5-3-2-4-6-10/h2-7H,8H2,1H3,(H,15,16,19). The Morgan fingerprint density at radius 1 is 1.36 bits per heavy atom. The van der Waals surface area contributed by atoms with Crippen LogP contribution in [0.5, 0.6) is 0 Å². The summed E-state index contributed by atoms with van der Waals surface area (Å²) in [5.74, 6) is -0.878. The number of nitrogens with one attached hydrogen (secondary N) is 1. The number of hydrogen-bond donors (Lipinski definition) is 1. The summed E-state index contributed by atoms with van der Waals surface area (Å²) in [4.78, 5) is 28.7. The highest BCUT2D eigenvalue weighted by molar-refractivity contribution is 7.15. The average Bonchev–Trinajstić information content (AvgIpc) is 3.07. The van der Waals surface area contributed by atoms with E-state index in [0.717, 1.165) is 9.56 Å². The summed E-state index contributed by atoms with van der Waals surface area (Å²) in [5, 5.41) is 7.13. The summed E-state index contributed by atoms with van der Waals surface area (Å²) >= 11 is 1.36. The van der Waals surface area contributed by atoms with Gasteiger partial charge in [0.25, 0.3) is 0 Å². The third-order valence-electron chi connectivity index (χ3n) is 2.79. The van der Waals surface area contributed by atoms with Crippen LogP contribution in [0.3, 0.4) is 0 Å². The molecule has 2 heterocycles. The van der Waals surface area contributed by atoms with Gasteiger partial charge in [-0.1, -0.05) is 18.2 Å². The smallest absolute Gasteiger partial charge is 0.388 e. The molecule has 0 aliphatic heterocycles. The van der Waals surface area contributed by atoms with E-state index in [4.69, 9.17) is 4.42 Å². The number of carbonyl (C=O) groups excluding carboxylic acids is 1. The van der Waals surface area contributed by atoms with Gasteiger partial charge in [0, 0.05) is 16.6 Å². The van der Waals surface area contributed by atoms with Crippen LogP contribution in [0.4, 0.5) is 5.13 Å². The molecule has 7 nitrogen and oxygen atoms in total. The highest BCUT2D eigenvalue weighted by Gasteiger charge is 2.13. The molecule has 3 aromatic rings. The van der Waals surface area contributed by atoms with Crippen molar-refractivity contribution >= 4 is 22.4 Å². The van der Waals surface area contributed by atoms with Crippen molar-refractivity contribution in [3.05, 3.63) is 52.0 Å². The number of aryl methyl sites for hydroxylation is 1. The van der Waals surface area contributed by atoms with Gasteiger partial charge < -0.3 is 9.73 Å². The molecule has 1 aromatic carbocycles. The Labute approximate surface area is 129 Å². The van der Waals surface area contributed by atoms with E-state index < -0.39 is 5.76 Å². The SMILES string of the molecule is Cc1cnc(NC(=O)Cn2nc(-c3ccccc3)oc2=O)s1. The average molecular weight is 316 g/mol. The molecule has 1 N–H and O–H groups in total. The summed E-state index contributed by atoms with van der Waals surface area (Å²) in [6, 6.07) is 9.02. The van der Waals surface area contributed by atoms with Gasteiger partial charge in [0.2, 0.25) is 11.8 Å². The van der Waals surface area contributed by atoms with Crippen LogP contribution in [0.2, 0.25) is 0 Å². The summed E-state index contributed by atoms with van der Waals surface area (Å²) in [6.45, 7) is 1.66. The molecule has 8 heteroatoms. The molecule has 2 aromatic heterocycles. The fourth-order valence-electron chi connectivity index (χ4n) is 1.81. The number of benzene rings is 1. The van der Waals surface area contributed by atoms with Crippen LogP contribution in [-0.2, 0) is 11.3 Å². The molecule has 0 unspecified atom stereocenters. The summed E-state index contributed by atoms with van der Waals surface area (Å²) in [6.07, 6.45) is 1.66. The van der Waals surface area contributed by atoms with E-state index in [2.05, 4.69) is 15.4 Å². The Morgan fingerprint density at radius 2 is 2.14 bits per heavy atom. The first kappa shape index (κ1) is 14.2. The number of amides is 1. The van der Waals surface area contributed by atoms with E-state index in [1.807, 2.05) is 25.1 Å². The third-order valence-corrected chi connectivity index (χ3v) is 3.62. The lowest BCUT2D eigenvalue weighted by Crippen LogP contribution is -2.25. The van der Waals surface area contributed by atoms with Crippen LogP contribution < -0.4 is 11.1 Å². The summed E-state index contributed by atoms with van der Waals surface area (Å²) in [5.41, 5.74) is 0.675. The zero-order valence-corrected chi connectivity index (χ0v) is 12.5. The molecule has 0 saturated heterocycles. The molecule has 0 spiro atoms. The van der Waals surface area contributed by atoms with Gasteiger partial charge in [-0.3, -0.25) is 4.79 Å². The Balaban J connectivity index is 1.74. The molecule has 1 amide bonds. The van der Waals surface area contributed by atoms with Gasteiger partial charge in [-0.2, -0.15) is 4.68 Å². The molecular weight excluding hydrogens is 304 g/mol. The van der Waals surface area contributed by atoms with E-state index >= 15 is 0 Å². The number of carbonyl (C=O) groups is 1. The van der Waals surface area contributed by atoms with E-state index in [-0.39, 0.29) is 18.3 Å². The molecular formula is C14H12N4O3S. The minimum Gasteiger partial charge on any atom is -0.388 e. The Bertz CT molecular complexity index is 850. The lowest BCUT2D eigenvalue weighted by Gasteiger charge is -1.99. The summed E-state index contributed by atoms with van der Waals surface area (Å²) in [7, 11) is 0. The van der Waals surface area contributed by atoms with Gasteiger partial charge in [-0.05, 0) is 19.1 Å². The molecule has 0 aliphatic rings. The zero-order chi connectivity index (χ0) is 15.5. The van der Waals surface area contributed by atoms with Gasteiger partial charge in [-0.25, -0.2) is 9.78 Å². The van der Waals surface area contributed by atoms with Gasteiger partial charge in [-0.15, -0.1) is 16.4 Å². The van der Waals surface area contributed by atoms with E-state index in [0.29, 0.717) is 10.7 Å². The second kappa shape index (κ2) is 5.94. The molecule has 0 radical (unpaired) electrons. The molecule has 3 rings (SSSR count). The van der Waals surface area contributed by atoms with Gasteiger partial charge >= 0.3 is 5.76 Å². The molecule has 112 valence electrons. The maximum Gasteiger partial charge on any atom is 0.437 e. The second-order valence-electron chi connectivity index (χ2n) is 4.52. The number of rotatable bonds is 4. The lowest BCUT2D eigenvalue weighted by atomic mass is 10.2. The van der Waals surface area contributed by atoms with Crippen LogP contribution in [-0.4, -0.2) is 20.7 Å². The number of aromatic nitrogens is 3. The van der Waals surface area contributed by atoms with E-state index in [1.54, 1.807) is 18.3 Å². The molecule has 0 bridgehead atoms. The second-order valence-corrected chi connectivity index (χ2v) is 5.76. The normalized spacial score (nSPS) is 10.6. The molecule has 0 aliphatic carbocycles. The van der Waals surface area contributed by atoms with Crippen LogP contribution in [0.1, 0.15) is 4.88 Å². The van der Waals surface area contributed by atoms with Crippen molar-refractivity contribution < 1.29 is 9.21 Å². The molecule has 22 heavy (non-hydrogen) atoms. The Hall–Kier alpha value is -2.74. The van der Waals surface area contributed by atoms with Crippen LogP contribution in [0.15, 0.2) is 45.7 Å². The highest BCUT2D eigenvalue weighted by atomic mass is 32.1. The van der Waals surface area contributed by atoms with Crippen molar-refractivity contribution in [1.29, 1.82) is 0 Å². The lowest BCUT2D eigenvalue weighted by molar-refractivity contribution is -0.117. The predicted molar refractivity (Wildman–Crippen MR) is 81.7 cm³/mol. The number of hydrogen-bond acceptors (Lipinski definition) is 6. The first-order chi connectivity index (χ1) is 10.6. The van der Waals surface area contributed by atoms with E-state index in [9.17, 15) is 9.59 Å². The topological polar surface area (TPSA) is 90.0 Å². The first-order valence-corrected chi connectivity index (χ1v) is 7.29. The van der Waals surface area contributed by atoms with Crippen LogP contribution >= 0.6 is 11.3 Å². The molecule has 0 fully saturated rings. The Morgan fingerprint density at radius 3 is 2.82 bits per heavy atom. The van der Waals surface area contributed by atoms with Gasteiger partial charge in [0.15, 0.2) is 5.13 Å². The maximum absolute atomic E-state index is 11.9. The monoisotopic (exact) mass is 316 g/mol. The predicted octanol–water partition coefficient (Wildman–Crippen LogP) is 1.91. The van der Waals surface area contributed by atoms with Crippen molar-refractivity contribution in [1.82, 2.24) is 14.8 Å². The van der Waals surface area contributed by atoms with Crippen LogP contribution in [0.25, 0.3) is 11.5 Å². The zero-order valence-electron chi connectivity index (χ0n) is 11.6. The molecule has 0 saturated carbocycles. The molecule has 0 atom stereocenters. The van der Waals surface area contributed by atoms with E-state index in [1.165, 1.54) is 11.3 Å². The van der Waals surface area contributed by atoms with Crippen molar-refractivity contribution in [2.24, 2.45) is 0 Å². The highest BCUT2D eigenvalue weighted by Crippen LogP contribution is 2.16. The quantitative estimate of drug-likeness (QED) is 0.794. The fraction of sp³-hybridized carbons (Fsp3) is 0.143. The van der Waals surface area contributed by atoms with Crippen molar-refractivity contribution in [3.8, 4) is 11.5 Å². The Kier molecular flexibility index (Phi) is 3.84. The van der Waals surface area contributed by atoms with Crippen molar-refractivity contribution in [2.75, 3.05) is 5.32 Å². The van der Waals surface area contributed by atoms with Gasteiger partial charge in [0.05, 0.1) is 0 Å². The fourth-order valence-corrected chi connectivity index (χ4v) is 2.49. The largest absolute Gasteiger partial charge is 0.437 e. The van der Waals surface area contributed by atoms with Gasteiger partial charge in [0.1, 0.15) is 6.54 Å². The summed E-state index contributed by atoms with van der Waals surface area (Å²) < 4.78 is 6.04. The maximum atomic E-state index is 11.9. The third kappa shape index (κ3) is 3.12. The number of anilines is 1.